The van der Waals surface area contributed by atoms with Crippen molar-refractivity contribution in [3.8, 4) is 0 Å². The van der Waals surface area contributed by atoms with Crippen LogP contribution in [0.25, 0.3) is 0 Å². The summed E-state index contributed by atoms with van der Waals surface area (Å²) in [5.74, 6) is 0.713. The topological polar surface area (TPSA) is 12.0 Å². The van der Waals surface area contributed by atoms with Crippen molar-refractivity contribution >= 4 is 12.4 Å². The smallest absolute Gasteiger partial charge is 0.0210 e. The molecule has 0 aliphatic rings. The van der Waals surface area contributed by atoms with Gasteiger partial charge in [0.15, 0.2) is 0 Å². The van der Waals surface area contributed by atoms with E-state index in [9.17, 15) is 0 Å². The van der Waals surface area contributed by atoms with Gasteiger partial charge in [0.1, 0.15) is 0 Å². The Balaban J connectivity index is 0.00000625. The van der Waals surface area contributed by atoms with Gasteiger partial charge in [-0.3, -0.25) is 0 Å². The zero-order valence-corrected chi connectivity index (χ0v) is 18.7. The summed E-state index contributed by atoms with van der Waals surface area (Å²) < 4.78 is 0. The largest absolute Gasteiger partial charge is 0.307 e. The molecule has 0 amide bonds. The average molecular weight is 382 g/mol. The summed E-state index contributed by atoms with van der Waals surface area (Å²) in [7, 11) is 0. The Kier molecular flexibility index (Phi) is 15.2. The second-order valence-electron chi connectivity index (χ2n) is 8.43. The number of halogens is 1. The molecule has 26 heavy (non-hydrogen) atoms. The van der Waals surface area contributed by atoms with Crippen LogP contribution in [0.5, 0.6) is 0 Å². The van der Waals surface area contributed by atoms with Gasteiger partial charge >= 0.3 is 0 Å². The number of hydrogen-bond donors (Lipinski definition) is 1. The molecule has 0 saturated carbocycles. The maximum absolute atomic E-state index is 3.76. The molecule has 2 heteroatoms. The van der Waals surface area contributed by atoms with E-state index in [1.54, 1.807) is 0 Å². The van der Waals surface area contributed by atoms with Gasteiger partial charge in [-0.15, -0.1) is 12.4 Å². The highest BCUT2D eigenvalue weighted by Gasteiger charge is 2.24. The highest BCUT2D eigenvalue weighted by molar-refractivity contribution is 5.85. The van der Waals surface area contributed by atoms with Gasteiger partial charge in [-0.2, -0.15) is 0 Å². The molecule has 1 N–H and O–H groups in total. The molecular formula is C24H44ClN. The van der Waals surface area contributed by atoms with Crippen molar-refractivity contribution in [1.29, 1.82) is 0 Å². The molecule has 1 aromatic carbocycles. The van der Waals surface area contributed by atoms with Crippen molar-refractivity contribution in [2.75, 3.05) is 0 Å². The van der Waals surface area contributed by atoms with E-state index in [2.05, 4.69) is 63.3 Å². The van der Waals surface area contributed by atoms with E-state index in [-0.39, 0.29) is 17.9 Å². The summed E-state index contributed by atoms with van der Waals surface area (Å²) in [5, 5.41) is 3.76. The van der Waals surface area contributed by atoms with Crippen LogP contribution in [-0.4, -0.2) is 5.54 Å². The lowest BCUT2D eigenvalue weighted by atomic mass is 9.84. The highest BCUT2D eigenvalue weighted by Crippen LogP contribution is 2.23. The van der Waals surface area contributed by atoms with Crippen LogP contribution in [0.1, 0.15) is 104 Å². The van der Waals surface area contributed by atoms with E-state index in [0.717, 1.165) is 6.54 Å². The maximum Gasteiger partial charge on any atom is 0.0210 e. The van der Waals surface area contributed by atoms with Gasteiger partial charge in [-0.25, -0.2) is 0 Å². The first-order valence-electron chi connectivity index (χ1n) is 10.8. The first-order chi connectivity index (χ1) is 12.1. The normalized spacial score (nSPS) is 12.6. The fourth-order valence-electron chi connectivity index (χ4n) is 3.40. The van der Waals surface area contributed by atoms with Gasteiger partial charge in [0, 0.05) is 12.1 Å². The average Bonchev–Trinajstić information content (AvgIpc) is 2.62. The Morgan fingerprint density at radius 3 is 1.85 bits per heavy atom. The van der Waals surface area contributed by atoms with Crippen LogP contribution in [0, 0.1) is 5.92 Å². The molecule has 152 valence electrons. The van der Waals surface area contributed by atoms with E-state index in [4.69, 9.17) is 0 Å². The van der Waals surface area contributed by atoms with Crippen molar-refractivity contribution < 1.29 is 0 Å². The Labute approximate surface area is 170 Å². The Morgan fingerprint density at radius 1 is 0.808 bits per heavy atom. The molecule has 1 nitrogen and oxygen atoms in total. The molecule has 0 aliphatic heterocycles. The van der Waals surface area contributed by atoms with Gasteiger partial charge in [0.05, 0.1) is 0 Å². The highest BCUT2D eigenvalue weighted by atomic mass is 35.5. The van der Waals surface area contributed by atoms with Crippen LogP contribution in [0.3, 0.4) is 0 Å². The molecule has 0 bridgehead atoms. The molecule has 0 aliphatic carbocycles. The first kappa shape index (κ1) is 25.5. The van der Waals surface area contributed by atoms with E-state index in [0.29, 0.717) is 5.92 Å². The summed E-state index contributed by atoms with van der Waals surface area (Å²) in [5.41, 5.74) is 1.58. The van der Waals surface area contributed by atoms with E-state index >= 15 is 0 Å². The lowest BCUT2D eigenvalue weighted by Crippen LogP contribution is -2.44. The Morgan fingerprint density at radius 2 is 1.31 bits per heavy atom. The maximum atomic E-state index is 3.76. The van der Waals surface area contributed by atoms with E-state index in [1.807, 2.05) is 0 Å². The number of rotatable bonds is 15. The number of nitrogens with one attached hydrogen (secondary N) is 1. The number of benzene rings is 1. The SMILES string of the molecule is CCCCCCCCCCCCC(C)C(C)(C)NCc1ccccc1.Cl. The molecule has 0 radical (unpaired) electrons. The predicted molar refractivity (Wildman–Crippen MR) is 120 cm³/mol. The third kappa shape index (κ3) is 12.0. The first-order valence-corrected chi connectivity index (χ1v) is 10.8. The van der Waals surface area contributed by atoms with Crippen LogP contribution >= 0.6 is 12.4 Å². The van der Waals surface area contributed by atoms with Crippen molar-refractivity contribution in [2.45, 2.75) is 110 Å². The molecule has 0 heterocycles. The molecule has 1 unspecified atom stereocenters. The van der Waals surface area contributed by atoms with Crippen LogP contribution < -0.4 is 5.32 Å². The second-order valence-corrected chi connectivity index (χ2v) is 8.43. The van der Waals surface area contributed by atoms with Gasteiger partial charge in [-0.1, -0.05) is 108 Å². The molecular weight excluding hydrogens is 338 g/mol. The van der Waals surface area contributed by atoms with Crippen LogP contribution in [0.15, 0.2) is 30.3 Å². The van der Waals surface area contributed by atoms with Gasteiger partial charge < -0.3 is 5.32 Å². The third-order valence-electron chi connectivity index (χ3n) is 5.81. The minimum absolute atomic E-state index is 0. The third-order valence-corrected chi connectivity index (χ3v) is 5.81. The zero-order valence-electron chi connectivity index (χ0n) is 17.9. The minimum Gasteiger partial charge on any atom is -0.307 e. The Bertz CT molecular complexity index is 415. The molecule has 0 saturated heterocycles. The summed E-state index contributed by atoms with van der Waals surface area (Å²) in [6, 6.07) is 10.7. The molecule has 0 spiro atoms. The van der Waals surface area contributed by atoms with E-state index in [1.165, 1.54) is 76.2 Å². The molecule has 0 aromatic heterocycles. The minimum atomic E-state index is 0. The van der Waals surface area contributed by atoms with Crippen molar-refractivity contribution in [1.82, 2.24) is 5.32 Å². The molecule has 1 aromatic rings. The van der Waals surface area contributed by atoms with Crippen molar-refractivity contribution in [3.63, 3.8) is 0 Å². The second kappa shape index (κ2) is 15.5. The van der Waals surface area contributed by atoms with Crippen molar-refractivity contribution in [2.24, 2.45) is 5.92 Å². The number of unbranched alkanes of at least 4 members (excludes halogenated alkanes) is 9. The lowest BCUT2D eigenvalue weighted by molar-refractivity contribution is 0.249. The molecule has 1 atom stereocenters. The van der Waals surface area contributed by atoms with E-state index < -0.39 is 0 Å². The quantitative estimate of drug-likeness (QED) is 0.304. The monoisotopic (exact) mass is 381 g/mol. The van der Waals surface area contributed by atoms with Crippen molar-refractivity contribution in [3.05, 3.63) is 35.9 Å². The summed E-state index contributed by atoms with van der Waals surface area (Å²) in [6.45, 7) is 10.4. The summed E-state index contributed by atoms with van der Waals surface area (Å²) >= 11 is 0. The predicted octanol–water partition coefficient (Wildman–Crippen LogP) is 7.92. The van der Waals surface area contributed by atoms with Crippen LogP contribution in [0.4, 0.5) is 0 Å². The molecule has 0 fully saturated rings. The summed E-state index contributed by atoms with van der Waals surface area (Å²) in [4.78, 5) is 0. The fraction of sp³-hybridized carbons (Fsp3) is 0.750. The molecule has 1 rings (SSSR count). The fourth-order valence-corrected chi connectivity index (χ4v) is 3.40. The standard InChI is InChI=1S/C24H43N.ClH/c1-5-6-7-8-9-10-11-12-13-15-18-22(2)24(3,4)25-21-23-19-16-14-17-20-23;/h14,16-17,19-20,22,25H,5-13,15,18,21H2,1-4H3;1H. The Hall–Kier alpha value is -0.530. The van der Waals surface area contributed by atoms with Gasteiger partial charge in [-0.05, 0) is 31.7 Å². The van der Waals surface area contributed by atoms with Gasteiger partial charge in [0.25, 0.3) is 0 Å². The lowest BCUT2D eigenvalue weighted by Gasteiger charge is -2.33. The summed E-state index contributed by atoms with van der Waals surface area (Å²) in [6.07, 6.45) is 15.6. The number of hydrogen-bond acceptors (Lipinski definition) is 1. The van der Waals surface area contributed by atoms with Crippen LogP contribution in [0.2, 0.25) is 0 Å². The zero-order chi connectivity index (χ0) is 18.4. The van der Waals surface area contributed by atoms with Gasteiger partial charge in [0.2, 0.25) is 0 Å². The van der Waals surface area contributed by atoms with Crippen LogP contribution in [-0.2, 0) is 6.54 Å².